The molecule has 0 bridgehead atoms. The number of anilines is 1. The van der Waals surface area contributed by atoms with Crippen LogP contribution in [0.3, 0.4) is 0 Å². The standard InChI is InChI=1S/C14H17N3O/c1-10-16-14(9-18-10)11-2-4-12(5-3-11)17-13-6-7-15-8-13/h2-5,9,13,15,17H,6-8H2,1H3. The third kappa shape index (κ3) is 2.38. The first-order valence-electron chi connectivity index (χ1n) is 6.31. The molecule has 0 radical (unpaired) electrons. The van der Waals surface area contributed by atoms with Crippen LogP contribution in [0.5, 0.6) is 0 Å². The van der Waals surface area contributed by atoms with Gasteiger partial charge in [-0.15, -0.1) is 0 Å². The third-order valence-electron chi connectivity index (χ3n) is 3.23. The lowest BCUT2D eigenvalue weighted by molar-refractivity contribution is 0.521. The minimum atomic E-state index is 0.546. The number of hydrogen-bond donors (Lipinski definition) is 2. The number of nitrogens with one attached hydrogen (secondary N) is 2. The Hall–Kier alpha value is -1.81. The summed E-state index contributed by atoms with van der Waals surface area (Å²) in [7, 11) is 0. The summed E-state index contributed by atoms with van der Waals surface area (Å²) in [5.41, 5.74) is 3.14. The zero-order valence-corrected chi connectivity index (χ0v) is 10.4. The fourth-order valence-electron chi connectivity index (χ4n) is 2.25. The first-order chi connectivity index (χ1) is 8.81. The van der Waals surface area contributed by atoms with Crippen molar-refractivity contribution in [3.63, 3.8) is 0 Å². The number of nitrogens with zero attached hydrogens (tertiary/aromatic N) is 1. The molecule has 0 amide bonds. The van der Waals surface area contributed by atoms with E-state index in [1.807, 2.05) is 6.92 Å². The lowest BCUT2D eigenvalue weighted by atomic mass is 10.1. The van der Waals surface area contributed by atoms with Crippen molar-refractivity contribution in [3.05, 3.63) is 36.4 Å². The van der Waals surface area contributed by atoms with Gasteiger partial charge >= 0.3 is 0 Å². The van der Waals surface area contributed by atoms with Gasteiger partial charge < -0.3 is 15.1 Å². The third-order valence-corrected chi connectivity index (χ3v) is 3.23. The minimum absolute atomic E-state index is 0.546. The van der Waals surface area contributed by atoms with Gasteiger partial charge in [-0.25, -0.2) is 4.98 Å². The van der Waals surface area contributed by atoms with Crippen molar-refractivity contribution in [1.82, 2.24) is 10.3 Å². The second-order valence-electron chi connectivity index (χ2n) is 4.66. The van der Waals surface area contributed by atoms with E-state index in [2.05, 4.69) is 39.9 Å². The Labute approximate surface area is 106 Å². The van der Waals surface area contributed by atoms with E-state index in [-0.39, 0.29) is 0 Å². The summed E-state index contributed by atoms with van der Waals surface area (Å²) in [5, 5.41) is 6.87. The molecule has 2 aromatic rings. The lowest BCUT2D eigenvalue weighted by Crippen LogP contribution is -2.21. The fraction of sp³-hybridized carbons (Fsp3) is 0.357. The van der Waals surface area contributed by atoms with Gasteiger partial charge in [-0.2, -0.15) is 0 Å². The van der Waals surface area contributed by atoms with Crippen LogP contribution in [0.25, 0.3) is 11.3 Å². The Bertz CT molecular complexity index is 512. The summed E-state index contributed by atoms with van der Waals surface area (Å²) in [6, 6.07) is 8.88. The van der Waals surface area contributed by atoms with Crippen molar-refractivity contribution >= 4 is 5.69 Å². The van der Waals surface area contributed by atoms with E-state index in [0.717, 1.165) is 30.0 Å². The Balaban J connectivity index is 1.72. The van der Waals surface area contributed by atoms with Crippen LogP contribution < -0.4 is 10.6 Å². The van der Waals surface area contributed by atoms with Crippen molar-refractivity contribution in [2.24, 2.45) is 0 Å². The highest BCUT2D eigenvalue weighted by Gasteiger charge is 2.13. The molecule has 4 heteroatoms. The smallest absolute Gasteiger partial charge is 0.191 e. The van der Waals surface area contributed by atoms with E-state index in [9.17, 15) is 0 Å². The molecule has 0 spiro atoms. The van der Waals surface area contributed by atoms with Gasteiger partial charge in [0.25, 0.3) is 0 Å². The van der Waals surface area contributed by atoms with Crippen molar-refractivity contribution < 1.29 is 4.42 Å². The minimum Gasteiger partial charge on any atom is -0.449 e. The summed E-state index contributed by atoms with van der Waals surface area (Å²) in [6.45, 7) is 4.00. The summed E-state index contributed by atoms with van der Waals surface area (Å²) in [5.74, 6) is 0.698. The number of aromatic nitrogens is 1. The molecule has 94 valence electrons. The normalized spacial score (nSPS) is 19.1. The van der Waals surface area contributed by atoms with Crippen LogP contribution in [0.2, 0.25) is 0 Å². The zero-order valence-electron chi connectivity index (χ0n) is 10.4. The topological polar surface area (TPSA) is 50.1 Å². The molecule has 1 atom stereocenters. The number of hydrogen-bond acceptors (Lipinski definition) is 4. The summed E-state index contributed by atoms with van der Waals surface area (Å²) in [6.07, 6.45) is 2.88. The Morgan fingerprint density at radius 1 is 1.33 bits per heavy atom. The van der Waals surface area contributed by atoms with E-state index in [1.54, 1.807) is 6.26 Å². The number of aryl methyl sites for hydroxylation is 1. The summed E-state index contributed by atoms with van der Waals surface area (Å²) >= 11 is 0. The van der Waals surface area contributed by atoms with Crippen LogP contribution in [0, 0.1) is 6.92 Å². The second-order valence-corrected chi connectivity index (χ2v) is 4.66. The highest BCUT2D eigenvalue weighted by atomic mass is 16.3. The predicted octanol–water partition coefficient (Wildman–Crippen LogP) is 2.42. The van der Waals surface area contributed by atoms with Crippen molar-refractivity contribution in [2.75, 3.05) is 18.4 Å². The van der Waals surface area contributed by atoms with E-state index in [0.29, 0.717) is 11.9 Å². The molecule has 0 aliphatic carbocycles. The maximum Gasteiger partial charge on any atom is 0.191 e. The molecule has 18 heavy (non-hydrogen) atoms. The lowest BCUT2D eigenvalue weighted by Gasteiger charge is -2.12. The highest BCUT2D eigenvalue weighted by Crippen LogP contribution is 2.21. The molecule has 1 aliphatic rings. The predicted molar refractivity (Wildman–Crippen MR) is 71.6 cm³/mol. The van der Waals surface area contributed by atoms with Gasteiger partial charge in [0, 0.05) is 30.8 Å². The average molecular weight is 243 g/mol. The SMILES string of the molecule is Cc1nc(-c2ccc(NC3CCNC3)cc2)co1. The summed E-state index contributed by atoms with van der Waals surface area (Å²) in [4.78, 5) is 4.32. The number of benzene rings is 1. The molecule has 4 nitrogen and oxygen atoms in total. The van der Waals surface area contributed by atoms with Gasteiger partial charge in [0.1, 0.15) is 12.0 Å². The molecular weight excluding hydrogens is 226 g/mol. The molecule has 3 rings (SSSR count). The first-order valence-corrected chi connectivity index (χ1v) is 6.31. The molecule has 1 fully saturated rings. The summed E-state index contributed by atoms with van der Waals surface area (Å²) < 4.78 is 5.22. The van der Waals surface area contributed by atoms with Crippen LogP contribution in [-0.2, 0) is 0 Å². The van der Waals surface area contributed by atoms with Crippen molar-refractivity contribution in [3.8, 4) is 11.3 Å². The highest BCUT2D eigenvalue weighted by molar-refractivity contribution is 5.62. The Kier molecular flexibility index (Phi) is 3.02. The Morgan fingerprint density at radius 3 is 2.78 bits per heavy atom. The molecule has 2 N–H and O–H groups in total. The molecule has 0 saturated carbocycles. The molecule has 1 aliphatic heterocycles. The second kappa shape index (κ2) is 4.82. The number of rotatable bonds is 3. The van der Waals surface area contributed by atoms with Gasteiger partial charge in [0.15, 0.2) is 5.89 Å². The van der Waals surface area contributed by atoms with E-state index < -0.39 is 0 Å². The van der Waals surface area contributed by atoms with Crippen LogP contribution in [0.4, 0.5) is 5.69 Å². The Morgan fingerprint density at radius 2 is 2.17 bits per heavy atom. The largest absolute Gasteiger partial charge is 0.449 e. The molecule has 1 aromatic heterocycles. The molecular formula is C14H17N3O. The molecule has 1 unspecified atom stereocenters. The van der Waals surface area contributed by atoms with Gasteiger partial charge in [-0.1, -0.05) is 12.1 Å². The maximum absolute atomic E-state index is 5.22. The van der Waals surface area contributed by atoms with Gasteiger partial charge in [0.2, 0.25) is 0 Å². The molecule has 1 saturated heterocycles. The maximum atomic E-state index is 5.22. The quantitative estimate of drug-likeness (QED) is 0.869. The van der Waals surface area contributed by atoms with Gasteiger partial charge in [-0.05, 0) is 25.1 Å². The number of oxazole rings is 1. The van der Waals surface area contributed by atoms with Crippen LogP contribution >= 0.6 is 0 Å². The van der Waals surface area contributed by atoms with Crippen LogP contribution in [0.1, 0.15) is 12.3 Å². The monoisotopic (exact) mass is 243 g/mol. The zero-order chi connectivity index (χ0) is 12.4. The van der Waals surface area contributed by atoms with Crippen LogP contribution in [0.15, 0.2) is 34.9 Å². The first kappa shape index (κ1) is 11.3. The van der Waals surface area contributed by atoms with E-state index >= 15 is 0 Å². The van der Waals surface area contributed by atoms with Gasteiger partial charge in [-0.3, -0.25) is 0 Å². The van der Waals surface area contributed by atoms with Crippen molar-refractivity contribution in [2.45, 2.75) is 19.4 Å². The molecule has 1 aromatic carbocycles. The fourth-order valence-corrected chi connectivity index (χ4v) is 2.25. The van der Waals surface area contributed by atoms with Crippen LogP contribution in [-0.4, -0.2) is 24.1 Å². The molecule has 2 heterocycles. The average Bonchev–Trinajstić information content (AvgIpc) is 3.02. The van der Waals surface area contributed by atoms with E-state index in [1.165, 1.54) is 6.42 Å². The van der Waals surface area contributed by atoms with Crippen molar-refractivity contribution in [1.29, 1.82) is 0 Å². The van der Waals surface area contributed by atoms with Gasteiger partial charge in [0.05, 0.1) is 0 Å². The van der Waals surface area contributed by atoms with E-state index in [4.69, 9.17) is 4.42 Å².